The first-order valence-electron chi connectivity index (χ1n) is 10.2. The van der Waals surface area contributed by atoms with Gasteiger partial charge < -0.3 is 10.6 Å². The molecule has 1 heterocycles. The van der Waals surface area contributed by atoms with Crippen LogP contribution in [0.4, 0.5) is 5.69 Å². The summed E-state index contributed by atoms with van der Waals surface area (Å²) in [5.41, 5.74) is 2.60. The maximum Gasteiger partial charge on any atom is 0.230 e. The highest BCUT2D eigenvalue weighted by molar-refractivity contribution is 7.99. The summed E-state index contributed by atoms with van der Waals surface area (Å²) in [5, 5.41) is 14.7. The van der Waals surface area contributed by atoms with Gasteiger partial charge in [-0.05, 0) is 36.1 Å². The van der Waals surface area contributed by atoms with E-state index in [4.69, 9.17) is 0 Å². The average molecular weight is 438 g/mol. The summed E-state index contributed by atoms with van der Waals surface area (Å²) in [6, 6.07) is 17.4. The number of nitrogens with zero attached hydrogens (tertiary/aromatic N) is 3. The summed E-state index contributed by atoms with van der Waals surface area (Å²) in [7, 11) is 0. The zero-order valence-electron chi connectivity index (χ0n) is 17.9. The Morgan fingerprint density at radius 3 is 2.58 bits per heavy atom. The molecular formula is C23H27N5O2S. The van der Waals surface area contributed by atoms with Gasteiger partial charge in [-0.25, -0.2) is 0 Å². The highest BCUT2D eigenvalue weighted by atomic mass is 32.2. The van der Waals surface area contributed by atoms with Crippen LogP contribution in [0.1, 0.15) is 38.8 Å². The summed E-state index contributed by atoms with van der Waals surface area (Å²) < 4.78 is 1.80. The molecule has 0 saturated heterocycles. The molecule has 3 rings (SSSR count). The monoisotopic (exact) mass is 437 g/mol. The number of carbonyl (C=O) groups is 2. The molecule has 1 aromatic heterocycles. The second-order valence-electron chi connectivity index (χ2n) is 7.66. The lowest BCUT2D eigenvalue weighted by Gasteiger charge is -2.21. The van der Waals surface area contributed by atoms with Crippen LogP contribution in [0.25, 0.3) is 5.69 Å². The van der Waals surface area contributed by atoms with Crippen molar-refractivity contribution in [3.63, 3.8) is 0 Å². The third-order valence-electron chi connectivity index (χ3n) is 4.54. The Kier molecular flexibility index (Phi) is 7.83. The molecule has 2 aromatic carbocycles. The van der Waals surface area contributed by atoms with Crippen LogP contribution in [0.3, 0.4) is 0 Å². The number of rotatable bonds is 9. The molecule has 162 valence electrons. The standard InChI is InChI=1S/C23H27N5O2S/c1-16(2)12-21(18-8-5-4-6-9-18)26-22(30)14-31-23-27-24-15-28(23)20-11-7-10-19(13-20)25-17(3)29/h4-11,13,15-16,21H,12,14H2,1-3H3,(H,25,29)(H,26,30). The predicted molar refractivity (Wildman–Crippen MR) is 123 cm³/mol. The molecule has 31 heavy (non-hydrogen) atoms. The SMILES string of the molecule is CC(=O)Nc1cccc(-n2cnnc2SCC(=O)NC(CC(C)C)c2ccccc2)c1. The Morgan fingerprint density at radius 1 is 1.10 bits per heavy atom. The van der Waals surface area contributed by atoms with Crippen molar-refractivity contribution >= 4 is 29.3 Å². The molecule has 0 radical (unpaired) electrons. The van der Waals surface area contributed by atoms with Crippen molar-refractivity contribution in [2.24, 2.45) is 5.92 Å². The molecule has 8 heteroatoms. The Bertz CT molecular complexity index is 1020. The second kappa shape index (κ2) is 10.8. The highest BCUT2D eigenvalue weighted by Crippen LogP contribution is 2.24. The minimum Gasteiger partial charge on any atom is -0.349 e. The van der Waals surface area contributed by atoms with Crippen molar-refractivity contribution in [3.05, 3.63) is 66.5 Å². The summed E-state index contributed by atoms with van der Waals surface area (Å²) in [6.45, 7) is 5.76. The smallest absolute Gasteiger partial charge is 0.230 e. The van der Waals surface area contributed by atoms with E-state index in [-0.39, 0.29) is 23.6 Å². The molecular weight excluding hydrogens is 410 g/mol. The van der Waals surface area contributed by atoms with E-state index in [1.165, 1.54) is 18.7 Å². The van der Waals surface area contributed by atoms with Crippen LogP contribution in [-0.2, 0) is 9.59 Å². The molecule has 0 bridgehead atoms. The first kappa shape index (κ1) is 22.6. The van der Waals surface area contributed by atoms with E-state index in [0.717, 1.165) is 17.7 Å². The molecule has 0 saturated carbocycles. The van der Waals surface area contributed by atoms with Crippen molar-refractivity contribution in [3.8, 4) is 5.69 Å². The lowest BCUT2D eigenvalue weighted by atomic mass is 9.97. The lowest BCUT2D eigenvalue weighted by molar-refractivity contribution is -0.119. The van der Waals surface area contributed by atoms with Gasteiger partial charge in [0.1, 0.15) is 6.33 Å². The highest BCUT2D eigenvalue weighted by Gasteiger charge is 2.17. The number of hydrogen-bond acceptors (Lipinski definition) is 5. The van der Waals surface area contributed by atoms with Gasteiger partial charge in [0.05, 0.1) is 17.5 Å². The number of carbonyl (C=O) groups excluding carboxylic acids is 2. The number of aromatic nitrogens is 3. The van der Waals surface area contributed by atoms with Crippen LogP contribution in [0.5, 0.6) is 0 Å². The average Bonchev–Trinajstić information content (AvgIpc) is 3.20. The fourth-order valence-electron chi connectivity index (χ4n) is 3.24. The lowest BCUT2D eigenvalue weighted by Crippen LogP contribution is -2.31. The molecule has 0 aliphatic heterocycles. The number of anilines is 1. The van der Waals surface area contributed by atoms with Gasteiger partial charge in [-0.15, -0.1) is 10.2 Å². The van der Waals surface area contributed by atoms with Crippen LogP contribution in [-0.4, -0.2) is 32.3 Å². The van der Waals surface area contributed by atoms with E-state index < -0.39 is 0 Å². The summed E-state index contributed by atoms with van der Waals surface area (Å²) >= 11 is 1.32. The molecule has 2 amide bonds. The second-order valence-corrected chi connectivity index (χ2v) is 8.61. The molecule has 0 fully saturated rings. The van der Waals surface area contributed by atoms with Gasteiger partial charge in [-0.3, -0.25) is 14.2 Å². The van der Waals surface area contributed by atoms with Crippen LogP contribution >= 0.6 is 11.8 Å². The molecule has 0 aliphatic carbocycles. The summed E-state index contributed by atoms with van der Waals surface area (Å²) in [6.07, 6.45) is 2.46. The van der Waals surface area contributed by atoms with Gasteiger partial charge in [0.2, 0.25) is 11.8 Å². The largest absolute Gasteiger partial charge is 0.349 e. The normalized spacial score (nSPS) is 11.9. The maximum absolute atomic E-state index is 12.7. The molecule has 1 unspecified atom stereocenters. The zero-order chi connectivity index (χ0) is 22.2. The van der Waals surface area contributed by atoms with Gasteiger partial charge in [0.15, 0.2) is 5.16 Å². The maximum atomic E-state index is 12.7. The molecule has 3 aromatic rings. The number of benzene rings is 2. The van der Waals surface area contributed by atoms with Crippen molar-refractivity contribution < 1.29 is 9.59 Å². The third kappa shape index (κ3) is 6.68. The van der Waals surface area contributed by atoms with Crippen LogP contribution in [0, 0.1) is 5.92 Å². The topological polar surface area (TPSA) is 88.9 Å². The first-order chi connectivity index (χ1) is 14.9. The van der Waals surface area contributed by atoms with E-state index >= 15 is 0 Å². The Labute approximate surface area is 186 Å². The summed E-state index contributed by atoms with van der Waals surface area (Å²) in [4.78, 5) is 24.0. The number of thioether (sulfide) groups is 1. The Morgan fingerprint density at radius 2 is 1.87 bits per heavy atom. The van der Waals surface area contributed by atoms with Crippen LogP contribution < -0.4 is 10.6 Å². The van der Waals surface area contributed by atoms with Crippen molar-refractivity contribution in [1.82, 2.24) is 20.1 Å². The molecule has 0 aliphatic rings. The van der Waals surface area contributed by atoms with Crippen LogP contribution in [0.15, 0.2) is 66.1 Å². The van der Waals surface area contributed by atoms with Crippen molar-refractivity contribution in [1.29, 1.82) is 0 Å². The molecule has 0 spiro atoms. The fourth-order valence-corrected chi connectivity index (χ4v) is 3.98. The van der Waals surface area contributed by atoms with E-state index in [9.17, 15) is 9.59 Å². The van der Waals surface area contributed by atoms with E-state index in [2.05, 4.69) is 34.7 Å². The van der Waals surface area contributed by atoms with Gasteiger partial charge in [-0.1, -0.05) is 62.0 Å². The van der Waals surface area contributed by atoms with Crippen molar-refractivity contribution in [2.45, 2.75) is 38.4 Å². The molecule has 1 atom stereocenters. The number of nitrogens with one attached hydrogen (secondary N) is 2. The Hall–Kier alpha value is -3.13. The Balaban J connectivity index is 1.66. The van der Waals surface area contributed by atoms with Gasteiger partial charge in [-0.2, -0.15) is 0 Å². The minimum absolute atomic E-state index is 0.0264. The van der Waals surface area contributed by atoms with Crippen molar-refractivity contribution in [2.75, 3.05) is 11.1 Å². The van der Waals surface area contributed by atoms with Gasteiger partial charge in [0, 0.05) is 12.6 Å². The molecule has 7 nitrogen and oxygen atoms in total. The fraction of sp³-hybridized carbons (Fsp3) is 0.304. The van der Waals surface area contributed by atoms with Crippen LogP contribution in [0.2, 0.25) is 0 Å². The predicted octanol–water partition coefficient (Wildman–Crippen LogP) is 4.22. The molecule has 2 N–H and O–H groups in total. The minimum atomic E-state index is -0.137. The van der Waals surface area contributed by atoms with Gasteiger partial charge >= 0.3 is 0 Å². The number of amides is 2. The third-order valence-corrected chi connectivity index (χ3v) is 5.48. The number of hydrogen-bond donors (Lipinski definition) is 2. The summed E-state index contributed by atoms with van der Waals surface area (Å²) in [5.74, 6) is 0.491. The quantitative estimate of drug-likeness (QED) is 0.489. The van der Waals surface area contributed by atoms with Gasteiger partial charge in [0.25, 0.3) is 0 Å². The van der Waals surface area contributed by atoms with E-state index in [0.29, 0.717) is 16.8 Å². The first-order valence-corrected chi connectivity index (χ1v) is 11.2. The van der Waals surface area contributed by atoms with E-state index in [1.54, 1.807) is 10.9 Å². The van der Waals surface area contributed by atoms with E-state index in [1.807, 2.05) is 54.6 Å². The zero-order valence-corrected chi connectivity index (χ0v) is 18.7.